The number of nitrogens with zero attached hydrogens (tertiary/aromatic N) is 2. The van der Waals surface area contributed by atoms with Gasteiger partial charge >= 0.3 is 0 Å². The van der Waals surface area contributed by atoms with Crippen LogP contribution in [0.2, 0.25) is 0 Å². The molecule has 108 valence electrons. The molecule has 2 aliphatic rings. The van der Waals surface area contributed by atoms with Crippen LogP contribution >= 0.6 is 0 Å². The lowest BCUT2D eigenvalue weighted by Gasteiger charge is -2.35. The smallest absolute Gasteiger partial charge is 0.245 e. The summed E-state index contributed by atoms with van der Waals surface area (Å²) < 4.78 is 0. The predicted molar refractivity (Wildman–Crippen MR) is 74.6 cm³/mol. The monoisotopic (exact) mass is 266 g/mol. The van der Waals surface area contributed by atoms with Gasteiger partial charge in [-0.3, -0.25) is 9.59 Å². The molecule has 2 heterocycles. The topological polar surface area (TPSA) is 40.6 Å². The SMILES string of the molecule is CC(C)(C)C(=O)N1CCCC1C(=O)N1CCCCC1. The fourth-order valence-corrected chi connectivity index (χ4v) is 3.02. The molecule has 4 nitrogen and oxygen atoms in total. The summed E-state index contributed by atoms with van der Waals surface area (Å²) >= 11 is 0. The third-order valence-corrected chi connectivity index (χ3v) is 4.11. The molecule has 2 fully saturated rings. The van der Waals surface area contributed by atoms with Crippen LogP contribution in [0.15, 0.2) is 0 Å². The van der Waals surface area contributed by atoms with Crippen molar-refractivity contribution < 1.29 is 9.59 Å². The average molecular weight is 266 g/mol. The largest absolute Gasteiger partial charge is 0.341 e. The van der Waals surface area contributed by atoms with Crippen LogP contribution in [-0.2, 0) is 9.59 Å². The van der Waals surface area contributed by atoms with Gasteiger partial charge in [-0.25, -0.2) is 0 Å². The summed E-state index contributed by atoms with van der Waals surface area (Å²) in [6.45, 7) is 8.25. The lowest BCUT2D eigenvalue weighted by Crippen LogP contribution is -2.51. The number of amides is 2. The van der Waals surface area contributed by atoms with Gasteiger partial charge in [0.15, 0.2) is 0 Å². The second-order valence-electron chi connectivity index (χ2n) is 6.79. The van der Waals surface area contributed by atoms with Crippen molar-refractivity contribution in [3.63, 3.8) is 0 Å². The Labute approximate surface area is 116 Å². The Hall–Kier alpha value is -1.06. The molecule has 0 aromatic rings. The second kappa shape index (κ2) is 5.51. The van der Waals surface area contributed by atoms with Gasteiger partial charge in [-0.2, -0.15) is 0 Å². The van der Waals surface area contributed by atoms with E-state index in [1.54, 1.807) is 0 Å². The highest BCUT2D eigenvalue weighted by Crippen LogP contribution is 2.27. The first-order valence-corrected chi connectivity index (χ1v) is 7.51. The van der Waals surface area contributed by atoms with E-state index in [9.17, 15) is 9.59 Å². The van der Waals surface area contributed by atoms with Crippen LogP contribution in [0.3, 0.4) is 0 Å². The van der Waals surface area contributed by atoms with Crippen molar-refractivity contribution in [1.82, 2.24) is 9.80 Å². The van der Waals surface area contributed by atoms with E-state index in [0.29, 0.717) is 0 Å². The molecule has 2 aliphatic heterocycles. The maximum absolute atomic E-state index is 12.6. The van der Waals surface area contributed by atoms with Gasteiger partial charge in [-0.1, -0.05) is 20.8 Å². The van der Waals surface area contributed by atoms with Crippen LogP contribution in [0.4, 0.5) is 0 Å². The minimum absolute atomic E-state index is 0.111. The minimum Gasteiger partial charge on any atom is -0.341 e. The second-order valence-corrected chi connectivity index (χ2v) is 6.79. The summed E-state index contributed by atoms with van der Waals surface area (Å²) in [5, 5.41) is 0. The highest BCUT2D eigenvalue weighted by molar-refractivity contribution is 5.90. The molecule has 2 rings (SSSR count). The van der Waals surface area contributed by atoms with Crippen molar-refractivity contribution in [1.29, 1.82) is 0 Å². The van der Waals surface area contributed by atoms with Crippen LogP contribution < -0.4 is 0 Å². The van der Waals surface area contributed by atoms with Crippen molar-refractivity contribution in [2.24, 2.45) is 5.41 Å². The molecule has 0 N–H and O–H groups in total. The zero-order valence-corrected chi connectivity index (χ0v) is 12.4. The van der Waals surface area contributed by atoms with Gasteiger partial charge in [0.05, 0.1) is 0 Å². The Kier molecular flexibility index (Phi) is 4.16. The van der Waals surface area contributed by atoms with E-state index in [1.165, 1.54) is 6.42 Å². The number of carbonyl (C=O) groups is 2. The van der Waals surface area contributed by atoms with Crippen molar-refractivity contribution in [3.8, 4) is 0 Å². The average Bonchev–Trinajstić information content (AvgIpc) is 2.85. The van der Waals surface area contributed by atoms with Gasteiger partial charge in [0.25, 0.3) is 0 Å². The fourth-order valence-electron chi connectivity index (χ4n) is 3.02. The number of rotatable bonds is 1. The molecule has 0 saturated carbocycles. The first kappa shape index (κ1) is 14.4. The van der Waals surface area contributed by atoms with Gasteiger partial charge in [0, 0.05) is 25.0 Å². The van der Waals surface area contributed by atoms with E-state index >= 15 is 0 Å². The van der Waals surface area contributed by atoms with Crippen LogP contribution in [0.1, 0.15) is 52.9 Å². The van der Waals surface area contributed by atoms with E-state index in [-0.39, 0.29) is 17.9 Å². The molecule has 0 aliphatic carbocycles. The van der Waals surface area contributed by atoms with Crippen LogP contribution in [0, 0.1) is 5.41 Å². The van der Waals surface area contributed by atoms with Gasteiger partial charge in [0.1, 0.15) is 6.04 Å². The van der Waals surface area contributed by atoms with E-state index < -0.39 is 5.41 Å². The van der Waals surface area contributed by atoms with Crippen LogP contribution in [0.5, 0.6) is 0 Å². The predicted octanol–water partition coefficient (Wildman–Crippen LogP) is 2.04. The summed E-state index contributed by atoms with van der Waals surface area (Å²) in [7, 11) is 0. The summed E-state index contributed by atoms with van der Waals surface area (Å²) in [6, 6.07) is -0.204. The molecule has 1 atom stereocenters. The number of hydrogen-bond donors (Lipinski definition) is 0. The highest BCUT2D eigenvalue weighted by Gasteiger charge is 2.40. The molecule has 0 radical (unpaired) electrons. The Balaban J connectivity index is 2.05. The molecule has 19 heavy (non-hydrogen) atoms. The maximum Gasteiger partial charge on any atom is 0.245 e. The third-order valence-electron chi connectivity index (χ3n) is 4.11. The van der Waals surface area contributed by atoms with Gasteiger partial charge in [0.2, 0.25) is 11.8 Å². The molecule has 0 spiro atoms. The van der Waals surface area contributed by atoms with Crippen LogP contribution in [-0.4, -0.2) is 47.3 Å². The zero-order valence-electron chi connectivity index (χ0n) is 12.4. The fraction of sp³-hybridized carbons (Fsp3) is 0.867. The van der Waals surface area contributed by atoms with Crippen molar-refractivity contribution in [3.05, 3.63) is 0 Å². The summed E-state index contributed by atoms with van der Waals surface area (Å²) in [5.74, 6) is 0.287. The Morgan fingerprint density at radius 1 is 0.947 bits per heavy atom. The summed E-state index contributed by atoms with van der Waals surface area (Å²) in [5.41, 5.74) is -0.398. The first-order valence-electron chi connectivity index (χ1n) is 7.51. The van der Waals surface area contributed by atoms with Crippen molar-refractivity contribution >= 4 is 11.8 Å². The van der Waals surface area contributed by atoms with Gasteiger partial charge in [-0.05, 0) is 32.1 Å². The summed E-state index contributed by atoms with van der Waals surface area (Å²) in [4.78, 5) is 28.8. The number of likely N-dealkylation sites (tertiary alicyclic amines) is 2. The highest BCUT2D eigenvalue weighted by atomic mass is 16.2. The first-order chi connectivity index (χ1) is 8.91. The zero-order chi connectivity index (χ0) is 14.0. The number of carbonyl (C=O) groups excluding carboxylic acids is 2. The Bertz CT molecular complexity index is 354. The van der Waals surface area contributed by atoms with E-state index in [2.05, 4.69) is 0 Å². The molecule has 1 unspecified atom stereocenters. The molecule has 0 aromatic carbocycles. The Morgan fingerprint density at radius 2 is 1.58 bits per heavy atom. The number of hydrogen-bond acceptors (Lipinski definition) is 2. The van der Waals surface area contributed by atoms with Crippen molar-refractivity contribution in [2.45, 2.75) is 58.9 Å². The van der Waals surface area contributed by atoms with Crippen molar-refractivity contribution in [2.75, 3.05) is 19.6 Å². The van der Waals surface area contributed by atoms with Crippen LogP contribution in [0.25, 0.3) is 0 Å². The molecule has 4 heteroatoms. The van der Waals surface area contributed by atoms with E-state index in [0.717, 1.165) is 45.3 Å². The molecule has 2 saturated heterocycles. The maximum atomic E-state index is 12.6. The van der Waals surface area contributed by atoms with E-state index in [4.69, 9.17) is 0 Å². The molecule has 0 aromatic heterocycles. The standard InChI is InChI=1S/C15H26N2O2/c1-15(2,3)14(19)17-11-7-8-12(17)13(18)16-9-5-4-6-10-16/h12H,4-11H2,1-3H3. The van der Waals surface area contributed by atoms with Gasteiger partial charge < -0.3 is 9.80 Å². The van der Waals surface area contributed by atoms with E-state index in [1.807, 2.05) is 30.6 Å². The summed E-state index contributed by atoms with van der Waals surface area (Å²) in [6.07, 6.45) is 5.21. The molecular formula is C15H26N2O2. The quantitative estimate of drug-likeness (QED) is 0.728. The third kappa shape index (κ3) is 3.10. The molecule has 2 amide bonds. The minimum atomic E-state index is -0.398. The Morgan fingerprint density at radius 3 is 2.16 bits per heavy atom. The lowest BCUT2D eigenvalue weighted by molar-refractivity contribution is -0.148. The molecule has 0 bridgehead atoms. The normalized spacial score (nSPS) is 24.7. The lowest BCUT2D eigenvalue weighted by atomic mass is 9.94. The molecular weight excluding hydrogens is 240 g/mol. The number of piperidine rings is 1. The van der Waals surface area contributed by atoms with Gasteiger partial charge in [-0.15, -0.1) is 0 Å².